The SMILES string of the molecule is CC(CNS(=O)(=O)c1c(F)cccc1F)c1ccccc1. The predicted octanol–water partition coefficient (Wildman–Crippen LogP) is 3.05. The van der Waals surface area contributed by atoms with Crippen molar-refractivity contribution in [2.45, 2.75) is 17.7 Å². The molecule has 1 atom stereocenters. The lowest BCUT2D eigenvalue weighted by molar-refractivity contribution is 0.512. The highest BCUT2D eigenvalue weighted by Crippen LogP contribution is 2.19. The van der Waals surface area contributed by atoms with Gasteiger partial charge in [0.15, 0.2) is 4.90 Å². The summed E-state index contributed by atoms with van der Waals surface area (Å²) in [7, 11) is -4.22. The van der Waals surface area contributed by atoms with Crippen LogP contribution in [0.3, 0.4) is 0 Å². The molecule has 2 rings (SSSR count). The van der Waals surface area contributed by atoms with Crippen molar-refractivity contribution in [1.82, 2.24) is 4.72 Å². The van der Waals surface area contributed by atoms with Gasteiger partial charge in [0.05, 0.1) is 0 Å². The van der Waals surface area contributed by atoms with Crippen molar-refractivity contribution in [2.24, 2.45) is 0 Å². The standard InChI is InChI=1S/C15H15F2NO2S/c1-11(12-6-3-2-4-7-12)10-18-21(19,20)15-13(16)8-5-9-14(15)17/h2-9,11,18H,10H2,1H3. The number of rotatable bonds is 5. The lowest BCUT2D eigenvalue weighted by Crippen LogP contribution is -2.29. The molecular formula is C15H15F2NO2S. The van der Waals surface area contributed by atoms with Gasteiger partial charge in [-0.3, -0.25) is 0 Å². The van der Waals surface area contributed by atoms with E-state index < -0.39 is 26.6 Å². The van der Waals surface area contributed by atoms with Gasteiger partial charge in [0, 0.05) is 6.54 Å². The molecule has 2 aromatic carbocycles. The number of nitrogens with one attached hydrogen (secondary N) is 1. The van der Waals surface area contributed by atoms with E-state index in [4.69, 9.17) is 0 Å². The van der Waals surface area contributed by atoms with Crippen LogP contribution in [0.2, 0.25) is 0 Å². The minimum atomic E-state index is -4.22. The van der Waals surface area contributed by atoms with Crippen molar-refractivity contribution in [3.05, 3.63) is 65.7 Å². The molecule has 0 saturated heterocycles. The van der Waals surface area contributed by atoms with E-state index in [1.165, 1.54) is 0 Å². The van der Waals surface area contributed by atoms with Crippen LogP contribution in [0.5, 0.6) is 0 Å². The summed E-state index contributed by atoms with van der Waals surface area (Å²) in [5, 5.41) is 0. The van der Waals surface area contributed by atoms with Gasteiger partial charge >= 0.3 is 0 Å². The van der Waals surface area contributed by atoms with Crippen LogP contribution >= 0.6 is 0 Å². The molecule has 0 fully saturated rings. The quantitative estimate of drug-likeness (QED) is 0.922. The van der Waals surface area contributed by atoms with Gasteiger partial charge in [-0.1, -0.05) is 43.3 Å². The fraction of sp³-hybridized carbons (Fsp3) is 0.200. The van der Waals surface area contributed by atoms with Crippen LogP contribution in [0.15, 0.2) is 53.4 Å². The van der Waals surface area contributed by atoms with E-state index in [-0.39, 0.29) is 12.5 Å². The zero-order valence-electron chi connectivity index (χ0n) is 11.4. The van der Waals surface area contributed by atoms with Crippen LogP contribution in [-0.4, -0.2) is 15.0 Å². The average molecular weight is 311 g/mol. The highest BCUT2D eigenvalue weighted by molar-refractivity contribution is 7.89. The molecule has 3 nitrogen and oxygen atoms in total. The van der Waals surface area contributed by atoms with Crippen molar-refractivity contribution >= 4 is 10.0 Å². The van der Waals surface area contributed by atoms with Gasteiger partial charge < -0.3 is 0 Å². The van der Waals surface area contributed by atoms with Crippen molar-refractivity contribution < 1.29 is 17.2 Å². The molecule has 6 heteroatoms. The third-order valence-corrected chi connectivity index (χ3v) is 4.61. The van der Waals surface area contributed by atoms with Crippen LogP contribution in [0.4, 0.5) is 8.78 Å². The molecule has 0 aliphatic heterocycles. The summed E-state index contributed by atoms with van der Waals surface area (Å²) >= 11 is 0. The first-order valence-electron chi connectivity index (χ1n) is 6.40. The van der Waals surface area contributed by atoms with Gasteiger partial charge in [0.25, 0.3) is 0 Å². The van der Waals surface area contributed by atoms with Gasteiger partial charge in [-0.25, -0.2) is 21.9 Å². The van der Waals surface area contributed by atoms with Crippen molar-refractivity contribution in [1.29, 1.82) is 0 Å². The third-order valence-electron chi connectivity index (χ3n) is 3.14. The van der Waals surface area contributed by atoms with Crippen molar-refractivity contribution in [3.63, 3.8) is 0 Å². The maximum absolute atomic E-state index is 13.5. The molecule has 0 aliphatic rings. The van der Waals surface area contributed by atoms with Gasteiger partial charge in [0.2, 0.25) is 10.0 Å². The van der Waals surface area contributed by atoms with Gasteiger partial charge in [-0.15, -0.1) is 0 Å². The van der Waals surface area contributed by atoms with E-state index in [0.29, 0.717) is 0 Å². The van der Waals surface area contributed by atoms with E-state index in [1.807, 2.05) is 37.3 Å². The largest absolute Gasteiger partial charge is 0.246 e. The third kappa shape index (κ3) is 3.65. The predicted molar refractivity (Wildman–Crippen MR) is 76.4 cm³/mol. The molecule has 0 aromatic heterocycles. The Morgan fingerprint density at radius 2 is 1.57 bits per heavy atom. The molecule has 0 heterocycles. The summed E-state index contributed by atoms with van der Waals surface area (Å²) in [4.78, 5) is -0.940. The van der Waals surface area contributed by atoms with Crippen molar-refractivity contribution in [3.8, 4) is 0 Å². The summed E-state index contributed by atoms with van der Waals surface area (Å²) in [5.74, 6) is -2.32. The first-order valence-corrected chi connectivity index (χ1v) is 7.89. The second-order valence-electron chi connectivity index (χ2n) is 4.71. The van der Waals surface area contributed by atoms with Gasteiger partial charge in [0.1, 0.15) is 11.6 Å². The Kier molecular flexibility index (Phi) is 4.69. The Bertz CT molecular complexity index is 697. The summed E-state index contributed by atoms with van der Waals surface area (Å²) in [5.41, 5.74) is 0.939. The molecule has 1 unspecified atom stereocenters. The average Bonchev–Trinajstić information content (AvgIpc) is 2.45. The molecule has 1 N–H and O–H groups in total. The fourth-order valence-corrected chi connectivity index (χ4v) is 3.21. The molecular weight excluding hydrogens is 296 g/mol. The maximum Gasteiger partial charge on any atom is 0.246 e. The fourth-order valence-electron chi connectivity index (χ4n) is 1.95. The van der Waals surface area contributed by atoms with Gasteiger partial charge in [-0.2, -0.15) is 0 Å². The Labute approximate surface area is 122 Å². The molecule has 0 saturated carbocycles. The molecule has 0 amide bonds. The van der Waals surface area contributed by atoms with E-state index in [0.717, 1.165) is 23.8 Å². The maximum atomic E-state index is 13.5. The summed E-state index contributed by atoms with van der Waals surface area (Å²) in [6.45, 7) is 1.88. The number of sulfonamides is 1. The number of hydrogen-bond acceptors (Lipinski definition) is 2. The number of benzene rings is 2. The highest BCUT2D eigenvalue weighted by Gasteiger charge is 2.24. The lowest BCUT2D eigenvalue weighted by Gasteiger charge is -2.14. The molecule has 112 valence electrons. The molecule has 0 spiro atoms. The summed E-state index contributed by atoms with van der Waals surface area (Å²) in [6.07, 6.45) is 0. The Balaban J connectivity index is 2.16. The zero-order chi connectivity index (χ0) is 15.5. The molecule has 2 aromatic rings. The van der Waals surface area contributed by atoms with Crippen LogP contribution in [0.25, 0.3) is 0 Å². The Hall–Kier alpha value is -1.79. The molecule has 0 radical (unpaired) electrons. The Morgan fingerprint density at radius 3 is 2.14 bits per heavy atom. The van der Waals surface area contributed by atoms with E-state index in [1.54, 1.807) is 0 Å². The van der Waals surface area contributed by atoms with Crippen LogP contribution < -0.4 is 4.72 Å². The second kappa shape index (κ2) is 6.32. The summed E-state index contributed by atoms with van der Waals surface area (Å²) < 4.78 is 53.4. The Morgan fingerprint density at radius 1 is 1.00 bits per heavy atom. The topological polar surface area (TPSA) is 46.2 Å². The summed E-state index contributed by atoms with van der Waals surface area (Å²) in [6, 6.07) is 12.2. The second-order valence-corrected chi connectivity index (χ2v) is 6.42. The molecule has 0 bridgehead atoms. The van der Waals surface area contributed by atoms with Crippen LogP contribution in [0, 0.1) is 11.6 Å². The van der Waals surface area contributed by atoms with E-state index in [2.05, 4.69) is 4.72 Å². The number of halogens is 2. The minimum Gasteiger partial charge on any atom is -0.210 e. The van der Waals surface area contributed by atoms with Crippen LogP contribution in [0.1, 0.15) is 18.4 Å². The van der Waals surface area contributed by atoms with Gasteiger partial charge in [-0.05, 0) is 23.6 Å². The highest BCUT2D eigenvalue weighted by atomic mass is 32.2. The normalized spacial score (nSPS) is 13.1. The molecule has 21 heavy (non-hydrogen) atoms. The van der Waals surface area contributed by atoms with E-state index >= 15 is 0 Å². The molecule has 0 aliphatic carbocycles. The first kappa shape index (κ1) is 15.6. The zero-order valence-corrected chi connectivity index (χ0v) is 12.2. The van der Waals surface area contributed by atoms with Crippen molar-refractivity contribution in [2.75, 3.05) is 6.54 Å². The van der Waals surface area contributed by atoms with Crippen LogP contribution in [-0.2, 0) is 10.0 Å². The smallest absolute Gasteiger partial charge is 0.210 e. The first-order chi connectivity index (χ1) is 9.92. The monoisotopic (exact) mass is 311 g/mol. The number of hydrogen-bond donors (Lipinski definition) is 1. The minimum absolute atomic E-state index is 0.0557. The lowest BCUT2D eigenvalue weighted by atomic mass is 10.0. The van der Waals surface area contributed by atoms with E-state index in [9.17, 15) is 17.2 Å².